The number of aromatic nitrogens is 3. The van der Waals surface area contributed by atoms with Crippen LogP contribution in [0.1, 0.15) is 18.5 Å². The van der Waals surface area contributed by atoms with Crippen LogP contribution in [0, 0.1) is 5.92 Å². The van der Waals surface area contributed by atoms with Crippen molar-refractivity contribution in [2.45, 2.75) is 13.0 Å². The minimum atomic E-state index is -0.657. The highest BCUT2D eigenvalue weighted by atomic mass is 16.5. The van der Waals surface area contributed by atoms with Crippen molar-refractivity contribution in [3.63, 3.8) is 0 Å². The van der Waals surface area contributed by atoms with E-state index in [0.29, 0.717) is 40.4 Å². The molecule has 0 bridgehead atoms. The SMILES string of the molecule is COc1cccc(C2C(C(=O)Nc3ccccc3OC)C(C)=Nc3nc(-c4ccco4)nn32)c1. The number of rotatable bonds is 6. The molecule has 0 saturated carbocycles. The molecule has 9 heteroatoms. The summed E-state index contributed by atoms with van der Waals surface area (Å²) in [4.78, 5) is 22.8. The molecular weight excluding hydrogens is 434 g/mol. The van der Waals surface area contributed by atoms with Crippen LogP contribution in [0.5, 0.6) is 11.5 Å². The number of ether oxygens (including phenoxy) is 2. The fraction of sp³-hybridized carbons (Fsp3) is 0.200. The second kappa shape index (κ2) is 8.86. The van der Waals surface area contributed by atoms with Crippen molar-refractivity contribution in [2.24, 2.45) is 10.9 Å². The van der Waals surface area contributed by atoms with Crippen molar-refractivity contribution in [3.05, 3.63) is 72.5 Å². The number of carbonyl (C=O) groups excluding carboxylic acids is 1. The van der Waals surface area contributed by atoms with Crippen LogP contribution >= 0.6 is 0 Å². The maximum atomic E-state index is 13.7. The topological polar surface area (TPSA) is 104 Å². The predicted molar refractivity (Wildman–Crippen MR) is 127 cm³/mol. The molecule has 1 aliphatic heterocycles. The molecule has 1 aliphatic rings. The van der Waals surface area contributed by atoms with Gasteiger partial charge in [0.25, 0.3) is 0 Å². The number of nitrogens with one attached hydrogen (secondary N) is 1. The second-order valence-corrected chi connectivity index (χ2v) is 7.80. The van der Waals surface area contributed by atoms with Gasteiger partial charge in [0, 0.05) is 5.71 Å². The molecule has 9 nitrogen and oxygen atoms in total. The smallest absolute Gasteiger partial charge is 0.249 e. The molecule has 0 saturated heterocycles. The minimum Gasteiger partial charge on any atom is -0.497 e. The van der Waals surface area contributed by atoms with Gasteiger partial charge in [-0.1, -0.05) is 24.3 Å². The van der Waals surface area contributed by atoms with E-state index in [1.165, 1.54) is 0 Å². The summed E-state index contributed by atoms with van der Waals surface area (Å²) < 4.78 is 18.0. The first-order valence-corrected chi connectivity index (χ1v) is 10.7. The van der Waals surface area contributed by atoms with Crippen molar-refractivity contribution in [1.29, 1.82) is 0 Å². The van der Waals surface area contributed by atoms with Gasteiger partial charge >= 0.3 is 0 Å². The third kappa shape index (κ3) is 3.81. The Balaban J connectivity index is 1.60. The van der Waals surface area contributed by atoms with Crippen molar-refractivity contribution in [2.75, 3.05) is 19.5 Å². The molecule has 2 aromatic heterocycles. The number of para-hydroxylation sites is 2. The average molecular weight is 457 g/mol. The lowest BCUT2D eigenvalue weighted by molar-refractivity contribution is -0.118. The molecule has 1 N–H and O–H groups in total. The summed E-state index contributed by atoms with van der Waals surface area (Å²) in [7, 11) is 3.17. The summed E-state index contributed by atoms with van der Waals surface area (Å²) in [6, 6.07) is 17.9. The van der Waals surface area contributed by atoms with Crippen LogP contribution in [0.2, 0.25) is 0 Å². The Kier molecular flexibility index (Phi) is 5.59. The van der Waals surface area contributed by atoms with E-state index in [0.717, 1.165) is 5.56 Å². The molecule has 34 heavy (non-hydrogen) atoms. The number of furan rings is 1. The Hall–Kier alpha value is -4.40. The lowest BCUT2D eigenvalue weighted by Gasteiger charge is -2.30. The number of benzene rings is 2. The van der Waals surface area contributed by atoms with E-state index < -0.39 is 12.0 Å². The highest BCUT2D eigenvalue weighted by Crippen LogP contribution is 2.38. The molecular formula is C25H23N5O4. The fourth-order valence-electron chi connectivity index (χ4n) is 4.14. The molecule has 2 unspecified atom stereocenters. The third-order valence-electron chi connectivity index (χ3n) is 5.74. The lowest BCUT2D eigenvalue weighted by atomic mass is 9.87. The Morgan fingerprint density at radius 3 is 2.68 bits per heavy atom. The second-order valence-electron chi connectivity index (χ2n) is 7.80. The van der Waals surface area contributed by atoms with Crippen LogP contribution in [0.3, 0.4) is 0 Å². The zero-order valence-corrected chi connectivity index (χ0v) is 18.9. The van der Waals surface area contributed by atoms with Gasteiger partial charge in [-0.3, -0.25) is 4.79 Å². The van der Waals surface area contributed by atoms with E-state index in [1.807, 2.05) is 43.3 Å². The number of hydrogen-bond acceptors (Lipinski definition) is 7. The molecule has 1 amide bonds. The maximum absolute atomic E-state index is 13.7. The molecule has 0 aliphatic carbocycles. The molecule has 172 valence electrons. The molecule has 2 aromatic carbocycles. The van der Waals surface area contributed by atoms with Crippen LogP contribution in [0.4, 0.5) is 11.6 Å². The van der Waals surface area contributed by atoms with Crippen LogP contribution < -0.4 is 14.8 Å². The first kappa shape index (κ1) is 21.4. The number of aliphatic imine (C=N–C) groups is 1. The largest absolute Gasteiger partial charge is 0.497 e. The first-order valence-electron chi connectivity index (χ1n) is 10.7. The van der Waals surface area contributed by atoms with Crippen LogP contribution in [-0.4, -0.2) is 40.6 Å². The number of carbonyl (C=O) groups is 1. The molecule has 3 heterocycles. The maximum Gasteiger partial charge on any atom is 0.249 e. The van der Waals surface area contributed by atoms with Gasteiger partial charge in [0.15, 0.2) is 5.76 Å². The number of anilines is 1. The number of hydrogen-bond donors (Lipinski definition) is 1. The monoisotopic (exact) mass is 457 g/mol. The Morgan fingerprint density at radius 1 is 1.06 bits per heavy atom. The van der Waals surface area contributed by atoms with E-state index in [2.05, 4.69) is 20.4 Å². The first-order chi connectivity index (χ1) is 16.6. The number of amides is 1. The molecule has 2 atom stereocenters. The van der Waals surface area contributed by atoms with E-state index in [-0.39, 0.29) is 5.91 Å². The van der Waals surface area contributed by atoms with Crippen molar-refractivity contribution >= 4 is 23.3 Å². The van der Waals surface area contributed by atoms with Gasteiger partial charge in [-0.05, 0) is 48.9 Å². The third-order valence-corrected chi connectivity index (χ3v) is 5.74. The van der Waals surface area contributed by atoms with Crippen molar-refractivity contribution < 1.29 is 18.7 Å². The molecule has 0 fully saturated rings. The van der Waals surface area contributed by atoms with Gasteiger partial charge in [-0.2, -0.15) is 4.98 Å². The molecule has 5 rings (SSSR count). The zero-order chi connectivity index (χ0) is 23.7. The minimum absolute atomic E-state index is 0.237. The molecule has 0 radical (unpaired) electrons. The van der Waals surface area contributed by atoms with E-state index >= 15 is 0 Å². The summed E-state index contributed by atoms with van der Waals surface area (Å²) in [6.45, 7) is 1.82. The number of methoxy groups -OCH3 is 2. The quantitative estimate of drug-likeness (QED) is 0.457. The zero-order valence-electron chi connectivity index (χ0n) is 18.9. The fourth-order valence-corrected chi connectivity index (χ4v) is 4.14. The summed E-state index contributed by atoms with van der Waals surface area (Å²) in [5.74, 6) is 1.67. The van der Waals surface area contributed by atoms with Crippen LogP contribution in [-0.2, 0) is 4.79 Å². The van der Waals surface area contributed by atoms with E-state index in [1.54, 1.807) is 49.4 Å². The Bertz CT molecular complexity index is 1360. The van der Waals surface area contributed by atoms with Gasteiger partial charge in [-0.15, -0.1) is 5.10 Å². The van der Waals surface area contributed by atoms with Crippen LogP contribution in [0.15, 0.2) is 76.3 Å². The summed E-state index contributed by atoms with van der Waals surface area (Å²) >= 11 is 0. The standard InChI is InChI=1S/C25H23N5O4/c1-15-21(24(31)27-18-10-4-5-11-19(18)33-3)22(16-8-6-9-17(14-16)32-2)30-25(26-15)28-23(29-30)20-12-7-13-34-20/h4-14,21-22H,1-3H3,(H,27,31). The highest BCUT2D eigenvalue weighted by molar-refractivity contribution is 6.10. The average Bonchev–Trinajstić information content (AvgIpc) is 3.53. The Morgan fingerprint density at radius 2 is 1.91 bits per heavy atom. The summed E-state index contributed by atoms with van der Waals surface area (Å²) in [5, 5.41) is 7.67. The van der Waals surface area contributed by atoms with Gasteiger partial charge in [0.1, 0.15) is 17.4 Å². The van der Waals surface area contributed by atoms with E-state index in [9.17, 15) is 4.79 Å². The lowest BCUT2D eigenvalue weighted by Crippen LogP contribution is -2.39. The summed E-state index contributed by atoms with van der Waals surface area (Å²) in [6.07, 6.45) is 1.56. The highest BCUT2D eigenvalue weighted by Gasteiger charge is 2.40. The molecule has 4 aromatic rings. The van der Waals surface area contributed by atoms with Gasteiger partial charge in [-0.25, -0.2) is 9.67 Å². The van der Waals surface area contributed by atoms with Gasteiger partial charge in [0.2, 0.25) is 17.7 Å². The Labute approximate surface area is 196 Å². The molecule has 0 spiro atoms. The van der Waals surface area contributed by atoms with Gasteiger partial charge in [0.05, 0.1) is 32.2 Å². The number of fused-ring (bicyclic) bond motifs is 1. The summed E-state index contributed by atoms with van der Waals surface area (Å²) in [5.41, 5.74) is 2.03. The normalized spacial score (nSPS) is 17.0. The van der Waals surface area contributed by atoms with Gasteiger partial charge < -0.3 is 19.2 Å². The predicted octanol–water partition coefficient (Wildman–Crippen LogP) is 4.51. The van der Waals surface area contributed by atoms with Crippen molar-refractivity contribution in [3.8, 4) is 23.1 Å². The van der Waals surface area contributed by atoms with E-state index in [4.69, 9.17) is 13.9 Å². The van der Waals surface area contributed by atoms with Crippen molar-refractivity contribution in [1.82, 2.24) is 14.8 Å². The van der Waals surface area contributed by atoms with Crippen LogP contribution in [0.25, 0.3) is 11.6 Å². The number of nitrogens with zero attached hydrogens (tertiary/aromatic N) is 4.